The van der Waals surface area contributed by atoms with Crippen LogP contribution in [0.4, 0.5) is 34.1 Å². The number of para-hydroxylation sites is 4. The fourth-order valence-corrected chi connectivity index (χ4v) is 12.9. The molecule has 0 unspecified atom stereocenters. The van der Waals surface area contributed by atoms with Crippen molar-refractivity contribution >= 4 is 110 Å². The van der Waals surface area contributed by atoms with Gasteiger partial charge in [-0.2, -0.15) is 0 Å². The van der Waals surface area contributed by atoms with Gasteiger partial charge in [0.1, 0.15) is 0 Å². The van der Waals surface area contributed by atoms with Crippen molar-refractivity contribution in [2.75, 3.05) is 9.80 Å². The minimum Gasteiger partial charge on any atom is -0.310 e. The molecular formula is C72H54N4. The summed E-state index contributed by atoms with van der Waals surface area (Å²) in [5.41, 5.74) is 21.6. The van der Waals surface area contributed by atoms with Crippen LogP contribution in [0, 0.1) is 0 Å². The Morgan fingerprint density at radius 1 is 0.276 bits per heavy atom. The first-order valence-electron chi connectivity index (χ1n) is 26.8. The Hall–Kier alpha value is -9.38. The summed E-state index contributed by atoms with van der Waals surface area (Å²) in [4.78, 5) is 4.91. The molecule has 4 nitrogen and oxygen atoms in total. The summed E-state index contributed by atoms with van der Waals surface area (Å²) in [6, 6.07) is 90.3. The highest BCUT2D eigenvalue weighted by atomic mass is 15.2. The van der Waals surface area contributed by atoms with Crippen molar-refractivity contribution in [2.45, 2.75) is 39.5 Å². The summed E-state index contributed by atoms with van der Waals surface area (Å²) in [5.74, 6) is 0.876. The van der Waals surface area contributed by atoms with E-state index in [0.717, 1.165) is 34.1 Å². The number of hydrogen-bond acceptors (Lipinski definition) is 2. The standard InChI is InChI=1S/C72H54N4/c1-45(2)47-37-41-53(42-38-47)73(51-25-13-7-14-26-51)59-33-19-35-61-65(59)55-29-17-31-57-67-64(50-23-11-6-12-24-50)72-68(63(49-21-9-5-10-22-49)71(67)75(61)69(55)57)58-32-18-30-56-66-60(34-20-36-62(66)76(72)70(56)58)74(52-27-15-8-16-28-52)54-43-39-48(40-44-54)46(3)4/h5-46H,1-4H3. The van der Waals surface area contributed by atoms with Crippen LogP contribution in [0.15, 0.2) is 243 Å². The molecule has 0 saturated carbocycles. The Balaban J connectivity index is 1.11. The maximum Gasteiger partial charge on any atom is 0.0634 e. The fraction of sp³-hybridized carbons (Fsp3) is 0.0833. The number of anilines is 6. The van der Waals surface area contributed by atoms with Gasteiger partial charge in [0.2, 0.25) is 0 Å². The predicted molar refractivity (Wildman–Crippen MR) is 324 cm³/mol. The Labute approximate surface area is 442 Å². The second-order valence-electron chi connectivity index (χ2n) is 21.2. The molecule has 0 radical (unpaired) electrons. The molecule has 15 rings (SSSR count). The average Bonchev–Trinajstić information content (AvgIpc) is 4.31. The van der Waals surface area contributed by atoms with E-state index < -0.39 is 0 Å². The predicted octanol–water partition coefficient (Wildman–Crippen LogP) is 20.5. The Bertz CT molecular complexity index is 4350. The third-order valence-corrected chi connectivity index (χ3v) is 16.3. The normalized spacial score (nSPS) is 12.2. The molecule has 0 bridgehead atoms. The molecular weight excluding hydrogens is 921 g/mol. The van der Waals surface area contributed by atoms with Crippen LogP contribution >= 0.6 is 0 Å². The third-order valence-electron chi connectivity index (χ3n) is 16.3. The summed E-state index contributed by atoms with van der Waals surface area (Å²) in [5, 5.41) is 9.94. The molecule has 4 heteroatoms. The monoisotopic (exact) mass is 974 g/mol. The van der Waals surface area contributed by atoms with E-state index in [1.807, 2.05) is 0 Å². The van der Waals surface area contributed by atoms with Gasteiger partial charge in [0.05, 0.1) is 44.5 Å². The quantitative estimate of drug-likeness (QED) is 0.136. The fourth-order valence-electron chi connectivity index (χ4n) is 12.9. The maximum atomic E-state index is 2.63. The molecule has 0 fully saturated rings. The van der Waals surface area contributed by atoms with Gasteiger partial charge in [0.25, 0.3) is 0 Å². The summed E-state index contributed by atoms with van der Waals surface area (Å²) >= 11 is 0. The minimum absolute atomic E-state index is 0.438. The molecule has 0 N–H and O–H groups in total. The van der Waals surface area contributed by atoms with Gasteiger partial charge in [-0.1, -0.05) is 198 Å². The Kier molecular flexibility index (Phi) is 9.93. The SMILES string of the molecule is CC(C)c1ccc(N(c2ccccc2)c2cccc3c2c2cccc4c5c(-c6ccccc6)c6c(c(-c7ccccc7)c5n3c24)c2cccc3c4c(N(c5ccccc5)c5ccc(C(C)C)cc5)cccc4n6c32)cc1. The van der Waals surface area contributed by atoms with E-state index in [1.165, 1.54) is 110 Å². The number of aromatic nitrogens is 2. The molecule has 4 aromatic heterocycles. The van der Waals surface area contributed by atoms with Crippen LogP contribution in [0.5, 0.6) is 0 Å². The second kappa shape index (κ2) is 17.1. The van der Waals surface area contributed by atoms with Gasteiger partial charge < -0.3 is 18.6 Å². The summed E-state index contributed by atoms with van der Waals surface area (Å²) in [7, 11) is 0. The van der Waals surface area contributed by atoms with Crippen molar-refractivity contribution in [3.63, 3.8) is 0 Å². The van der Waals surface area contributed by atoms with Crippen molar-refractivity contribution in [1.29, 1.82) is 0 Å². The number of fused-ring (bicyclic) bond motifs is 12. The van der Waals surface area contributed by atoms with Crippen molar-refractivity contribution < 1.29 is 0 Å². The van der Waals surface area contributed by atoms with E-state index in [2.05, 4.69) is 289 Å². The van der Waals surface area contributed by atoms with Crippen LogP contribution in [0.1, 0.15) is 50.7 Å². The highest BCUT2D eigenvalue weighted by Gasteiger charge is 2.32. The molecule has 11 aromatic carbocycles. The lowest BCUT2D eigenvalue weighted by Crippen LogP contribution is -2.10. The molecule has 0 saturated heterocycles. The highest BCUT2D eigenvalue weighted by Crippen LogP contribution is 2.56. The lowest BCUT2D eigenvalue weighted by Gasteiger charge is -2.27. The van der Waals surface area contributed by atoms with E-state index in [-0.39, 0.29) is 0 Å². The maximum absolute atomic E-state index is 2.63. The zero-order chi connectivity index (χ0) is 50.8. The zero-order valence-electron chi connectivity index (χ0n) is 43.0. The number of nitrogens with zero attached hydrogens (tertiary/aromatic N) is 4. The minimum atomic E-state index is 0.438. The van der Waals surface area contributed by atoms with Crippen molar-refractivity contribution in [1.82, 2.24) is 8.80 Å². The van der Waals surface area contributed by atoms with Crippen LogP contribution in [0.3, 0.4) is 0 Å². The molecule has 0 atom stereocenters. The van der Waals surface area contributed by atoms with E-state index >= 15 is 0 Å². The van der Waals surface area contributed by atoms with Crippen LogP contribution in [0.25, 0.3) is 98.4 Å². The van der Waals surface area contributed by atoms with Crippen LogP contribution in [-0.4, -0.2) is 8.80 Å². The van der Waals surface area contributed by atoms with E-state index in [1.54, 1.807) is 0 Å². The van der Waals surface area contributed by atoms with Gasteiger partial charge >= 0.3 is 0 Å². The number of hydrogen-bond donors (Lipinski definition) is 0. The largest absolute Gasteiger partial charge is 0.310 e. The van der Waals surface area contributed by atoms with Gasteiger partial charge in [0.15, 0.2) is 0 Å². The lowest BCUT2D eigenvalue weighted by molar-refractivity contribution is 0.866. The van der Waals surface area contributed by atoms with Crippen LogP contribution < -0.4 is 9.80 Å². The van der Waals surface area contributed by atoms with Gasteiger partial charge in [-0.05, 0) is 107 Å². The first-order valence-corrected chi connectivity index (χ1v) is 26.8. The van der Waals surface area contributed by atoms with E-state index in [4.69, 9.17) is 0 Å². The summed E-state index contributed by atoms with van der Waals surface area (Å²) in [6.07, 6.45) is 0. The Morgan fingerprint density at radius 2 is 0.592 bits per heavy atom. The Morgan fingerprint density at radius 3 is 0.947 bits per heavy atom. The molecule has 362 valence electrons. The first kappa shape index (κ1) is 44.1. The van der Waals surface area contributed by atoms with E-state index in [0.29, 0.717) is 11.8 Å². The van der Waals surface area contributed by atoms with E-state index in [9.17, 15) is 0 Å². The van der Waals surface area contributed by atoms with Gasteiger partial charge in [0, 0.05) is 77.0 Å². The van der Waals surface area contributed by atoms with Gasteiger partial charge in [-0.3, -0.25) is 0 Å². The molecule has 0 amide bonds. The smallest absolute Gasteiger partial charge is 0.0634 e. The number of rotatable bonds is 10. The molecule has 76 heavy (non-hydrogen) atoms. The molecule has 15 aromatic rings. The topological polar surface area (TPSA) is 15.3 Å². The van der Waals surface area contributed by atoms with Crippen LogP contribution in [0.2, 0.25) is 0 Å². The molecule has 0 spiro atoms. The van der Waals surface area contributed by atoms with Crippen LogP contribution in [-0.2, 0) is 0 Å². The second-order valence-corrected chi connectivity index (χ2v) is 21.2. The number of benzene rings is 11. The third kappa shape index (κ3) is 6.37. The molecule has 0 aliphatic carbocycles. The summed E-state index contributed by atoms with van der Waals surface area (Å²) < 4.78 is 5.26. The lowest BCUT2D eigenvalue weighted by atomic mass is 9.89. The average molecular weight is 975 g/mol. The van der Waals surface area contributed by atoms with Crippen molar-refractivity contribution in [3.05, 3.63) is 254 Å². The van der Waals surface area contributed by atoms with Gasteiger partial charge in [-0.25, -0.2) is 0 Å². The molecule has 4 heterocycles. The van der Waals surface area contributed by atoms with Crippen molar-refractivity contribution in [2.24, 2.45) is 0 Å². The highest BCUT2D eigenvalue weighted by molar-refractivity contribution is 6.39. The zero-order valence-corrected chi connectivity index (χ0v) is 43.0. The van der Waals surface area contributed by atoms with Crippen molar-refractivity contribution in [3.8, 4) is 22.3 Å². The first-order chi connectivity index (χ1) is 37.4. The molecule has 0 aliphatic rings. The summed E-state index contributed by atoms with van der Waals surface area (Å²) in [6.45, 7) is 9.06. The molecule has 0 aliphatic heterocycles. The van der Waals surface area contributed by atoms with Gasteiger partial charge in [-0.15, -0.1) is 0 Å².